The number of nitrogen functional groups attached to an aromatic ring is 1. The van der Waals surface area contributed by atoms with Gasteiger partial charge in [0.1, 0.15) is 10.7 Å². The SMILES string of the molecule is Nc1ccc(S(=O)(=O)NCCCCCO)c(F)c1. The second kappa shape index (κ2) is 6.67. The number of benzene rings is 1. The second-order valence-corrected chi connectivity index (χ2v) is 5.61. The van der Waals surface area contributed by atoms with Crippen LogP contribution in [0.25, 0.3) is 0 Å². The molecule has 0 aliphatic carbocycles. The molecule has 1 aromatic rings. The number of unbranched alkanes of at least 4 members (excludes halogenated alkanes) is 2. The molecule has 1 aromatic carbocycles. The Hall–Kier alpha value is -1.18. The highest BCUT2D eigenvalue weighted by atomic mass is 32.2. The first-order valence-electron chi connectivity index (χ1n) is 5.63. The third-order valence-electron chi connectivity index (χ3n) is 2.37. The summed E-state index contributed by atoms with van der Waals surface area (Å²) in [6.07, 6.45) is 1.93. The van der Waals surface area contributed by atoms with E-state index in [-0.39, 0.29) is 18.8 Å². The van der Waals surface area contributed by atoms with Crippen molar-refractivity contribution in [2.45, 2.75) is 24.2 Å². The van der Waals surface area contributed by atoms with Crippen LogP contribution in [0.3, 0.4) is 0 Å². The predicted molar refractivity (Wildman–Crippen MR) is 66.9 cm³/mol. The van der Waals surface area contributed by atoms with Crippen LogP contribution in [-0.4, -0.2) is 26.7 Å². The number of nitrogens with one attached hydrogen (secondary N) is 1. The lowest BCUT2D eigenvalue weighted by atomic mass is 10.2. The Labute approximate surface area is 106 Å². The molecule has 18 heavy (non-hydrogen) atoms. The number of rotatable bonds is 7. The van der Waals surface area contributed by atoms with Crippen LogP contribution in [0.2, 0.25) is 0 Å². The van der Waals surface area contributed by atoms with E-state index in [0.29, 0.717) is 19.3 Å². The molecule has 4 N–H and O–H groups in total. The molecular weight excluding hydrogens is 259 g/mol. The Morgan fingerprint density at radius 3 is 2.61 bits per heavy atom. The summed E-state index contributed by atoms with van der Waals surface area (Å²) < 4.78 is 39.3. The largest absolute Gasteiger partial charge is 0.399 e. The van der Waals surface area contributed by atoms with Crippen LogP contribution in [0.4, 0.5) is 10.1 Å². The van der Waals surface area contributed by atoms with Gasteiger partial charge in [0.2, 0.25) is 10.0 Å². The number of anilines is 1. The van der Waals surface area contributed by atoms with Crippen molar-refractivity contribution in [3.8, 4) is 0 Å². The minimum absolute atomic E-state index is 0.0827. The zero-order valence-electron chi connectivity index (χ0n) is 9.89. The van der Waals surface area contributed by atoms with Gasteiger partial charge < -0.3 is 10.8 Å². The van der Waals surface area contributed by atoms with E-state index in [1.807, 2.05) is 0 Å². The minimum atomic E-state index is -3.84. The lowest BCUT2D eigenvalue weighted by molar-refractivity contribution is 0.283. The van der Waals surface area contributed by atoms with E-state index < -0.39 is 20.7 Å². The fourth-order valence-corrected chi connectivity index (χ4v) is 2.56. The van der Waals surface area contributed by atoms with Gasteiger partial charge in [0, 0.05) is 18.8 Å². The molecule has 0 heterocycles. The maximum Gasteiger partial charge on any atom is 0.243 e. The monoisotopic (exact) mass is 276 g/mol. The fourth-order valence-electron chi connectivity index (χ4n) is 1.43. The average Bonchev–Trinajstić information content (AvgIpc) is 2.28. The highest BCUT2D eigenvalue weighted by Gasteiger charge is 2.18. The van der Waals surface area contributed by atoms with E-state index in [0.717, 1.165) is 12.1 Å². The Morgan fingerprint density at radius 2 is 2.00 bits per heavy atom. The average molecular weight is 276 g/mol. The summed E-state index contributed by atoms with van der Waals surface area (Å²) in [5.41, 5.74) is 5.52. The zero-order valence-corrected chi connectivity index (χ0v) is 10.7. The lowest BCUT2D eigenvalue weighted by Gasteiger charge is -2.07. The molecule has 0 aliphatic heterocycles. The molecule has 0 unspecified atom stereocenters. The quantitative estimate of drug-likeness (QED) is 0.508. The van der Waals surface area contributed by atoms with Crippen molar-refractivity contribution in [2.75, 3.05) is 18.9 Å². The smallest absolute Gasteiger partial charge is 0.243 e. The summed E-state index contributed by atoms with van der Waals surface area (Å²) in [5.74, 6) is -0.863. The molecule has 0 atom stereocenters. The molecule has 1 rings (SSSR count). The van der Waals surface area contributed by atoms with E-state index in [9.17, 15) is 12.8 Å². The molecule has 0 saturated carbocycles. The molecule has 0 aliphatic rings. The number of hydrogen-bond acceptors (Lipinski definition) is 4. The van der Waals surface area contributed by atoms with Gasteiger partial charge in [0.25, 0.3) is 0 Å². The third-order valence-corrected chi connectivity index (χ3v) is 3.87. The normalized spacial score (nSPS) is 11.7. The maximum atomic E-state index is 13.4. The van der Waals surface area contributed by atoms with Crippen LogP contribution in [0.1, 0.15) is 19.3 Å². The summed E-state index contributed by atoms with van der Waals surface area (Å²) in [4.78, 5) is -0.404. The van der Waals surface area contributed by atoms with Crippen LogP contribution in [0.15, 0.2) is 23.1 Å². The van der Waals surface area contributed by atoms with Gasteiger partial charge in [-0.25, -0.2) is 17.5 Å². The van der Waals surface area contributed by atoms with E-state index in [1.165, 1.54) is 6.07 Å². The van der Waals surface area contributed by atoms with Gasteiger partial charge in [-0.3, -0.25) is 0 Å². The number of halogens is 1. The fraction of sp³-hybridized carbons (Fsp3) is 0.455. The predicted octanol–water partition coefficient (Wildman–Crippen LogP) is 0.849. The molecule has 0 fully saturated rings. The van der Waals surface area contributed by atoms with Gasteiger partial charge in [-0.1, -0.05) is 0 Å². The first-order valence-corrected chi connectivity index (χ1v) is 7.11. The van der Waals surface area contributed by atoms with E-state index in [1.54, 1.807) is 0 Å². The number of sulfonamides is 1. The van der Waals surface area contributed by atoms with Crippen molar-refractivity contribution in [2.24, 2.45) is 0 Å². The van der Waals surface area contributed by atoms with E-state index >= 15 is 0 Å². The number of nitrogens with two attached hydrogens (primary N) is 1. The number of hydrogen-bond donors (Lipinski definition) is 3. The summed E-state index contributed by atoms with van der Waals surface area (Å²) in [7, 11) is -3.84. The first kappa shape index (κ1) is 14.9. The number of aliphatic hydroxyl groups excluding tert-OH is 1. The molecule has 0 saturated heterocycles. The van der Waals surface area contributed by atoms with Crippen LogP contribution < -0.4 is 10.5 Å². The summed E-state index contributed by atoms with van der Waals surface area (Å²) in [6, 6.07) is 3.45. The van der Waals surface area contributed by atoms with Gasteiger partial charge >= 0.3 is 0 Å². The molecule has 5 nitrogen and oxygen atoms in total. The minimum Gasteiger partial charge on any atom is -0.399 e. The number of aliphatic hydroxyl groups is 1. The van der Waals surface area contributed by atoms with Gasteiger partial charge in [0.05, 0.1) is 0 Å². The van der Waals surface area contributed by atoms with E-state index in [4.69, 9.17) is 10.8 Å². The Bertz CT molecular complexity index is 491. The third kappa shape index (κ3) is 4.25. The zero-order chi connectivity index (χ0) is 13.6. The van der Waals surface area contributed by atoms with Crippen molar-refractivity contribution < 1.29 is 17.9 Å². The molecular formula is C11H17FN2O3S. The summed E-state index contributed by atoms with van der Waals surface area (Å²) in [5, 5.41) is 8.57. The second-order valence-electron chi connectivity index (χ2n) is 3.87. The van der Waals surface area contributed by atoms with Gasteiger partial charge in [-0.15, -0.1) is 0 Å². The van der Waals surface area contributed by atoms with Crippen LogP contribution >= 0.6 is 0 Å². The molecule has 0 radical (unpaired) electrons. The van der Waals surface area contributed by atoms with Crippen LogP contribution in [-0.2, 0) is 10.0 Å². The topological polar surface area (TPSA) is 92.4 Å². The Kier molecular flexibility index (Phi) is 5.52. The molecule has 0 bridgehead atoms. The standard InChI is InChI=1S/C11H17FN2O3S/c12-10-8-9(13)4-5-11(10)18(16,17)14-6-2-1-3-7-15/h4-5,8,14-15H,1-3,6-7,13H2. The van der Waals surface area contributed by atoms with Crippen LogP contribution in [0.5, 0.6) is 0 Å². The Morgan fingerprint density at radius 1 is 1.28 bits per heavy atom. The van der Waals surface area contributed by atoms with Crippen molar-refractivity contribution in [1.29, 1.82) is 0 Å². The van der Waals surface area contributed by atoms with Gasteiger partial charge in [-0.05, 0) is 37.5 Å². The highest BCUT2D eigenvalue weighted by molar-refractivity contribution is 7.89. The van der Waals surface area contributed by atoms with E-state index in [2.05, 4.69) is 4.72 Å². The maximum absolute atomic E-state index is 13.4. The molecule has 102 valence electrons. The highest BCUT2D eigenvalue weighted by Crippen LogP contribution is 2.16. The molecule has 0 aromatic heterocycles. The summed E-state index contributed by atoms with van der Waals surface area (Å²) >= 11 is 0. The molecule has 0 spiro atoms. The summed E-state index contributed by atoms with van der Waals surface area (Å²) in [6.45, 7) is 0.297. The lowest BCUT2D eigenvalue weighted by Crippen LogP contribution is -2.25. The van der Waals surface area contributed by atoms with Gasteiger partial charge in [-0.2, -0.15) is 0 Å². The van der Waals surface area contributed by atoms with Crippen molar-refractivity contribution in [3.63, 3.8) is 0 Å². The molecule has 0 amide bonds. The van der Waals surface area contributed by atoms with Crippen molar-refractivity contribution in [3.05, 3.63) is 24.0 Å². The van der Waals surface area contributed by atoms with Crippen molar-refractivity contribution in [1.82, 2.24) is 4.72 Å². The first-order chi connectivity index (χ1) is 8.47. The van der Waals surface area contributed by atoms with Crippen LogP contribution in [0, 0.1) is 5.82 Å². The van der Waals surface area contributed by atoms with Crippen molar-refractivity contribution >= 4 is 15.7 Å². The Balaban J connectivity index is 2.63. The molecule has 7 heteroatoms. The van der Waals surface area contributed by atoms with Gasteiger partial charge in [0.15, 0.2) is 0 Å².